The van der Waals surface area contributed by atoms with Gasteiger partial charge in [0.2, 0.25) is 0 Å². The third-order valence-electron chi connectivity index (χ3n) is 5.80. The molecule has 0 saturated heterocycles. The molecule has 2 aromatic carbocycles. The molecule has 0 amide bonds. The highest BCUT2D eigenvalue weighted by Gasteiger charge is 2.52. The van der Waals surface area contributed by atoms with Gasteiger partial charge in [0.15, 0.2) is 28.6 Å². The van der Waals surface area contributed by atoms with E-state index >= 15 is 0 Å². The highest BCUT2D eigenvalue weighted by atomic mass is 16.6. The van der Waals surface area contributed by atoms with Gasteiger partial charge in [0.1, 0.15) is 18.3 Å². The second-order valence-electron chi connectivity index (χ2n) is 8.53. The SMILES string of the molecule is COc1cc(C=CC(=O)O[C@H]2C[C@](O)(C(=O)O)C[C@H](OC(=O)C=Cc3ccc(O)c(O)c3)[C@H]2O)ccc1O. The molecule has 2 aromatic rings. The lowest BCUT2D eigenvalue weighted by atomic mass is 9.79. The van der Waals surface area contributed by atoms with Crippen LogP contribution in [0.3, 0.4) is 0 Å². The number of hydrogen-bond donors (Lipinski definition) is 6. The van der Waals surface area contributed by atoms with Crippen molar-refractivity contribution >= 4 is 30.1 Å². The van der Waals surface area contributed by atoms with Crippen LogP contribution >= 0.6 is 0 Å². The van der Waals surface area contributed by atoms with Gasteiger partial charge in [0.05, 0.1) is 7.11 Å². The summed E-state index contributed by atoms with van der Waals surface area (Å²) < 4.78 is 15.3. The molecule has 1 aliphatic rings. The van der Waals surface area contributed by atoms with Crippen molar-refractivity contribution in [1.29, 1.82) is 0 Å². The van der Waals surface area contributed by atoms with Crippen molar-refractivity contribution in [3.63, 3.8) is 0 Å². The van der Waals surface area contributed by atoms with E-state index in [1.165, 1.54) is 55.7 Å². The van der Waals surface area contributed by atoms with Crippen LogP contribution in [0, 0.1) is 0 Å². The summed E-state index contributed by atoms with van der Waals surface area (Å²) >= 11 is 0. The number of phenolic OH excluding ortho intramolecular Hbond substituents is 3. The van der Waals surface area contributed by atoms with Crippen LogP contribution in [0.4, 0.5) is 0 Å². The number of aromatic hydroxyl groups is 3. The Balaban J connectivity index is 1.71. The molecule has 12 heteroatoms. The zero-order valence-electron chi connectivity index (χ0n) is 20.1. The second kappa shape index (κ2) is 11.7. The lowest BCUT2D eigenvalue weighted by Crippen LogP contribution is -2.58. The van der Waals surface area contributed by atoms with Crippen molar-refractivity contribution in [3.8, 4) is 23.0 Å². The van der Waals surface area contributed by atoms with E-state index < -0.39 is 60.4 Å². The third kappa shape index (κ3) is 6.81. The topological polar surface area (TPSA) is 200 Å². The summed E-state index contributed by atoms with van der Waals surface area (Å²) in [5.41, 5.74) is -1.67. The van der Waals surface area contributed by atoms with Crippen LogP contribution in [-0.4, -0.2) is 79.6 Å². The number of carbonyl (C=O) groups excluding carboxylic acids is 2. The molecule has 0 bridgehead atoms. The molecule has 3 rings (SSSR count). The Morgan fingerprint density at radius 2 is 1.34 bits per heavy atom. The minimum atomic E-state index is -2.46. The van der Waals surface area contributed by atoms with E-state index in [1.54, 1.807) is 0 Å². The zero-order valence-corrected chi connectivity index (χ0v) is 20.1. The Morgan fingerprint density at radius 3 is 1.82 bits per heavy atom. The fourth-order valence-electron chi connectivity index (χ4n) is 3.77. The van der Waals surface area contributed by atoms with Crippen LogP contribution in [-0.2, 0) is 23.9 Å². The lowest BCUT2D eigenvalue weighted by molar-refractivity contribution is -0.203. The van der Waals surface area contributed by atoms with E-state index in [4.69, 9.17) is 14.2 Å². The maximum Gasteiger partial charge on any atom is 0.335 e. The summed E-state index contributed by atoms with van der Waals surface area (Å²) in [6.45, 7) is 0. The number of carboxylic acid groups (broad SMARTS) is 1. The monoisotopic (exact) mass is 530 g/mol. The van der Waals surface area contributed by atoms with E-state index in [-0.39, 0.29) is 17.2 Å². The van der Waals surface area contributed by atoms with Crippen LogP contribution in [0.5, 0.6) is 23.0 Å². The minimum Gasteiger partial charge on any atom is -0.504 e. The first-order valence-corrected chi connectivity index (χ1v) is 11.2. The summed E-state index contributed by atoms with van der Waals surface area (Å²) in [6.07, 6.45) is -1.58. The maximum absolute atomic E-state index is 12.4. The van der Waals surface area contributed by atoms with E-state index in [1.807, 2.05) is 0 Å². The molecule has 1 aliphatic carbocycles. The molecule has 1 saturated carbocycles. The quantitative estimate of drug-likeness (QED) is 0.163. The third-order valence-corrected chi connectivity index (χ3v) is 5.80. The van der Waals surface area contributed by atoms with Crippen molar-refractivity contribution in [3.05, 3.63) is 59.7 Å². The molecular weight excluding hydrogens is 504 g/mol. The second-order valence-corrected chi connectivity index (χ2v) is 8.53. The molecule has 38 heavy (non-hydrogen) atoms. The van der Waals surface area contributed by atoms with Gasteiger partial charge in [0.25, 0.3) is 0 Å². The molecular formula is C26H26O12. The predicted octanol–water partition coefficient (Wildman–Crippen LogP) is 1.33. The summed E-state index contributed by atoms with van der Waals surface area (Å²) in [5.74, 6) is -4.37. The number of phenols is 3. The Bertz CT molecular complexity index is 1270. The molecule has 6 N–H and O–H groups in total. The van der Waals surface area contributed by atoms with Crippen LogP contribution in [0.2, 0.25) is 0 Å². The Kier molecular flexibility index (Phi) is 8.61. The molecule has 202 valence electrons. The summed E-state index contributed by atoms with van der Waals surface area (Å²) in [7, 11) is 1.35. The van der Waals surface area contributed by atoms with Crippen LogP contribution in [0.25, 0.3) is 12.2 Å². The van der Waals surface area contributed by atoms with Crippen molar-refractivity contribution in [1.82, 2.24) is 0 Å². The van der Waals surface area contributed by atoms with Crippen molar-refractivity contribution in [2.45, 2.75) is 36.8 Å². The fourth-order valence-corrected chi connectivity index (χ4v) is 3.77. The van der Waals surface area contributed by atoms with E-state index in [2.05, 4.69) is 0 Å². The summed E-state index contributed by atoms with van der Waals surface area (Å²) in [5, 5.41) is 59.3. The van der Waals surface area contributed by atoms with Crippen molar-refractivity contribution in [2.75, 3.05) is 7.11 Å². The smallest absolute Gasteiger partial charge is 0.335 e. The average Bonchev–Trinajstić information content (AvgIpc) is 2.87. The van der Waals surface area contributed by atoms with Crippen molar-refractivity contribution < 1.29 is 59.2 Å². The van der Waals surface area contributed by atoms with E-state index in [0.29, 0.717) is 11.1 Å². The molecule has 12 nitrogen and oxygen atoms in total. The number of hydrogen-bond acceptors (Lipinski definition) is 11. The number of esters is 2. The highest BCUT2D eigenvalue weighted by molar-refractivity contribution is 5.88. The van der Waals surface area contributed by atoms with Gasteiger partial charge in [0, 0.05) is 25.0 Å². The largest absolute Gasteiger partial charge is 0.504 e. The molecule has 4 atom stereocenters. The number of aliphatic carboxylic acids is 1. The zero-order chi connectivity index (χ0) is 28.0. The standard InChI is InChI=1S/C26H26O12/c1-36-19-11-15(3-7-17(19)28)5-9-23(31)38-21-13-26(35,25(33)34)12-20(24(21)32)37-22(30)8-4-14-2-6-16(27)18(29)10-14/h2-11,20-21,24,27-29,32,35H,12-13H2,1H3,(H,33,34)/t20-,21-,24+,26-/m0/s1. The van der Waals surface area contributed by atoms with Crippen LogP contribution in [0.15, 0.2) is 48.6 Å². The molecule has 0 aliphatic heterocycles. The maximum atomic E-state index is 12.4. The predicted molar refractivity (Wildman–Crippen MR) is 130 cm³/mol. The van der Waals surface area contributed by atoms with Gasteiger partial charge in [-0.15, -0.1) is 0 Å². The number of ether oxygens (including phenoxy) is 3. The number of methoxy groups -OCH3 is 1. The fraction of sp³-hybridized carbons (Fsp3) is 0.269. The Hall–Kier alpha value is -4.55. The van der Waals surface area contributed by atoms with Gasteiger partial charge < -0.3 is 44.8 Å². The summed E-state index contributed by atoms with van der Waals surface area (Å²) in [6, 6.07) is 8.05. The number of rotatable bonds is 8. The van der Waals surface area contributed by atoms with E-state index in [0.717, 1.165) is 12.2 Å². The first-order chi connectivity index (χ1) is 17.9. The number of aliphatic hydroxyl groups excluding tert-OH is 1. The minimum absolute atomic E-state index is 0.109. The Labute approximate surface area is 216 Å². The Morgan fingerprint density at radius 1 is 0.842 bits per heavy atom. The lowest BCUT2D eigenvalue weighted by Gasteiger charge is -2.40. The molecule has 1 fully saturated rings. The van der Waals surface area contributed by atoms with Gasteiger partial charge >= 0.3 is 17.9 Å². The normalized spacial score (nSPS) is 23.3. The first-order valence-electron chi connectivity index (χ1n) is 11.2. The molecule has 0 heterocycles. The van der Waals surface area contributed by atoms with Gasteiger partial charge in [-0.05, 0) is 47.5 Å². The number of carboxylic acids is 1. The van der Waals surface area contributed by atoms with Crippen molar-refractivity contribution in [2.24, 2.45) is 0 Å². The molecule has 0 aromatic heterocycles. The van der Waals surface area contributed by atoms with Crippen LogP contribution in [0.1, 0.15) is 24.0 Å². The number of benzene rings is 2. The van der Waals surface area contributed by atoms with Gasteiger partial charge in [-0.3, -0.25) is 0 Å². The molecule has 0 unspecified atom stereocenters. The van der Waals surface area contributed by atoms with Gasteiger partial charge in [-0.2, -0.15) is 0 Å². The molecule has 0 radical (unpaired) electrons. The first kappa shape index (κ1) is 28.0. The van der Waals surface area contributed by atoms with Crippen LogP contribution < -0.4 is 4.74 Å². The highest BCUT2D eigenvalue weighted by Crippen LogP contribution is 2.33. The van der Waals surface area contributed by atoms with Gasteiger partial charge in [-0.1, -0.05) is 12.1 Å². The summed E-state index contributed by atoms with van der Waals surface area (Å²) in [4.78, 5) is 36.4. The number of aliphatic hydroxyl groups is 2. The number of carbonyl (C=O) groups is 3. The average molecular weight is 530 g/mol. The van der Waals surface area contributed by atoms with Gasteiger partial charge in [-0.25, -0.2) is 14.4 Å². The van der Waals surface area contributed by atoms with E-state index in [9.17, 15) is 45.0 Å². The molecule has 0 spiro atoms.